The molecule has 0 spiro atoms. The topological polar surface area (TPSA) is 34.1 Å². The lowest BCUT2D eigenvalue weighted by molar-refractivity contribution is 0.506. The van der Waals surface area contributed by atoms with Gasteiger partial charge in [-0.1, -0.05) is 13.3 Å². The maximum Gasteiger partial charge on any atom is 0.305 e. The summed E-state index contributed by atoms with van der Waals surface area (Å²) in [6, 6.07) is 0. The third-order valence-corrected chi connectivity index (χ3v) is 3.57. The molecule has 0 aromatic rings. The lowest BCUT2D eigenvalue weighted by Gasteiger charge is -2.08. The fourth-order valence-electron chi connectivity index (χ4n) is 1.53. The van der Waals surface area contributed by atoms with Gasteiger partial charge in [0.15, 0.2) is 0 Å². The second-order valence-corrected chi connectivity index (χ2v) is 4.48. The van der Waals surface area contributed by atoms with Crippen LogP contribution in [0.15, 0.2) is 0 Å². The van der Waals surface area contributed by atoms with E-state index in [-0.39, 0.29) is 5.92 Å². The van der Waals surface area contributed by atoms with Gasteiger partial charge in [-0.05, 0) is 18.8 Å². The predicted molar refractivity (Wildman–Crippen MR) is 36.8 cm³/mol. The molecule has 1 saturated carbocycles. The monoisotopic (exact) mass is 166 g/mol. The highest BCUT2D eigenvalue weighted by atomic mass is 32.3. The lowest BCUT2D eigenvalue weighted by atomic mass is 10.1. The van der Waals surface area contributed by atoms with E-state index < -0.39 is 15.5 Å². The maximum atomic E-state index is 12.3. The van der Waals surface area contributed by atoms with E-state index in [0.717, 1.165) is 12.8 Å². The molecule has 1 aliphatic carbocycles. The molecular formula is C6H11FO2S. The summed E-state index contributed by atoms with van der Waals surface area (Å²) in [7, 11) is -4.25. The van der Waals surface area contributed by atoms with Crippen molar-refractivity contribution in [3.05, 3.63) is 0 Å². The minimum Gasteiger partial charge on any atom is -0.195 e. The Morgan fingerprint density at radius 3 is 2.20 bits per heavy atom. The Kier molecular flexibility index (Phi) is 1.99. The minimum atomic E-state index is -4.25. The van der Waals surface area contributed by atoms with Crippen LogP contribution in [-0.4, -0.2) is 13.7 Å². The molecule has 0 saturated heterocycles. The van der Waals surface area contributed by atoms with E-state index in [2.05, 4.69) is 0 Å². The minimum absolute atomic E-state index is 0.00926. The van der Waals surface area contributed by atoms with E-state index >= 15 is 0 Å². The first kappa shape index (κ1) is 7.98. The van der Waals surface area contributed by atoms with Crippen molar-refractivity contribution in [2.75, 3.05) is 0 Å². The van der Waals surface area contributed by atoms with Crippen LogP contribution in [0.25, 0.3) is 0 Å². The van der Waals surface area contributed by atoms with Crippen molar-refractivity contribution in [2.45, 2.75) is 31.4 Å². The summed E-state index contributed by atoms with van der Waals surface area (Å²) >= 11 is 0. The molecule has 0 aromatic carbocycles. The van der Waals surface area contributed by atoms with E-state index in [9.17, 15) is 12.3 Å². The van der Waals surface area contributed by atoms with E-state index in [4.69, 9.17) is 0 Å². The van der Waals surface area contributed by atoms with Crippen molar-refractivity contribution in [3.8, 4) is 0 Å². The molecule has 2 unspecified atom stereocenters. The van der Waals surface area contributed by atoms with Crippen molar-refractivity contribution in [1.82, 2.24) is 0 Å². The molecule has 60 valence electrons. The Labute approximate surface area is 60.6 Å². The van der Waals surface area contributed by atoms with Crippen LogP contribution in [0.5, 0.6) is 0 Å². The summed E-state index contributed by atoms with van der Waals surface area (Å²) in [5.74, 6) is 0.00926. The molecule has 0 amide bonds. The van der Waals surface area contributed by atoms with Crippen molar-refractivity contribution in [2.24, 2.45) is 5.92 Å². The summed E-state index contributed by atoms with van der Waals surface area (Å²) in [5.41, 5.74) is 0. The standard InChI is InChI=1S/C6H11FO2S/c1-5-3-2-4-6(5)10(7,8)9/h5-6H,2-4H2,1H3. The number of rotatable bonds is 1. The van der Waals surface area contributed by atoms with Crippen molar-refractivity contribution in [3.63, 3.8) is 0 Å². The largest absolute Gasteiger partial charge is 0.305 e. The average molecular weight is 166 g/mol. The summed E-state index contributed by atoms with van der Waals surface area (Å²) in [4.78, 5) is 0. The molecule has 2 nitrogen and oxygen atoms in total. The number of halogens is 1. The second-order valence-electron chi connectivity index (χ2n) is 2.92. The van der Waals surface area contributed by atoms with Gasteiger partial charge in [0.05, 0.1) is 5.25 Å². The first-order valence-electron chi connectivity index (χ1n) is 3.45. The van der Waals surface area contributed by atoms with Crippen LogP contribution in [-0.2, 0) is 10.2 Å². The van der Waals surface area contributed by atoms with Crippen LogP contribution in [0.4, 0.5) is 3.89 Å². The zero-order chi connectivity index (χ0) is 7.78. The Morgan fingerprint density at radius 2 is 2.00 bits per heavy atom. The zero-order valence-electron chi connectivity index (χ0n) is 5.88. The molecule has 0 aromatic heterocycles. The summed E-state index contributed by atoms with van der Waals surface area (Å²) in [5, 5.41) is -0.715. The SMILES string of the molecule is CC1CCCC1S(=O)(=O)F. The summed E-state index contributed by atoms with van der Waals surface area (Å²) < 4.78 is 33.1. The third kappa shape index (κ3) is 1.48. The van der Waals surface area contributed by atoms with Gasteiger partial charge < -0.3 is 0 Å². The molecule has 0 N–H and O–H groups in total. The molecule has 0 heterocycles. The highest BCUT2D eigenvalue weighted by Gasteiger charge is 2.34. The Bertz CT molecular complexity index is 210. The van der Waals surface area contributed by atoms with E-state index in [1.165, 1.54) is 0 Å². The van der Waals surface area contributed by atoms with Crippen molar-refractivity contribution >= 4 is 10.2 Å². The Balaban J connectivity index is 2.74. The molecule has 2 atom stereocenters. The smallest absolute Gasteiger partial charge is 0.195 e. The highest BCUT2D eigenvalue weighted by molar-refractivity contribution is 7.87. The van der Waals surface area contributed by atoms with Gasteiger partial charge in [-0.15, -0.1) is 3.89 Å². The first-order chi connectivity index (χ1) is 4.52. The second kappa shape index (κ2) is 2.49. The van der Waals surface area contributed by atoms with Gasteiger partial charge in [-0.3, -0.25) is 0 Å². The van der Waals surface area contributed by atoms with Crippen LogP contribution in [0.1, 0.15) is 26.2 Å². The molecule has 1 rings (SSSR count). The third-order valence-electron chi connectivity index (χ3n) is 2.14. The van der Waals surface area contributed by atoms with Crippen molar-refractivity contribution in [1.29, 1.82) is 0 Å². The number of hydrogen-bond donors (Lipinski definition) is 0. The van der Waals surface area contributed by atoms with Crippen LogP contribution in [0.2, 0.25) is 0 Å². The molecule has 10 heavy (non-hydrogen) atoms. The van der Waals surface area contributed by atoms with Gasteiger partial charge in [0.2, 0.25) is 0 Å². The molecule has 0 radical (unpaired) electrons. The fourth-order valence-corrected chi connectivity index (χ4v) is 2.67. The van der Waals surface area contributed by atoms with Crippen LogP contribution in [0.3, 0.4) is 0 Å². The quantitative estimate of drug-likeness (QED) is 0.553. The van der Waals surface area contributed by atoms with Gasteiger partial charge in [-0.2, -0.15) is 8.42 Å². The van der Waals surface area contributed by atoms with E-state index in [1.807, 2.05) is 0 Å². The van der Waals surface area contributed by atoms with Crippen molar-refractivity contribution < 1.29 is 12.3 Å². The highest BCUT2D eigenvalue weighted by Crippen LogP contribution is 2.31. The van der Waals surface area contributed by atoms with Crippen LogP contribution < -0.4 is 0 Å². The first-order valence-corrected chi connectivity index (χ1v) is 4.90. The van der Waals surface area contributed by atoms with Gasteiger partial charge in [-0.25, -0.2) is 0 Å². The Hall–Kier alpha value is -0.120. The van der Waals surface area contributed by atoms with E-state index in [1.54, 1.807) is 6.92 Å². The summed E-state index contributed by atoms with van der Waals surface area (Å²) in [6.45, 7) is 1.79. The molecule has 0 bridgehead atoms. The molecule has 0 aliphatic heterocycles. The molecule has 1 fully saturated rings. The van der Waals surface area contributed by atoms with Gasteiger partial charge >= 0.3 is 10.2 Å². The molecule has 1 aliphatic rings. The normalized spacial score (nSPS) is 34.6. The average Bonchev–Trinajstić information content (AvgIpc) is 2.11. The maximum absolute atomic E-state index is 12.3. The van der Waals surface area contributed by atoms with Gasteiger partial charge in [0, 0.05) is 0 Å². The molecule has 4 heteroatoms. The zero-order valence-corrected chi connectivity index (χ0v) is 6.70. The van der Waals surface area contributed by atoms with Crippen LogP contribution >= 0.6 is 0 Å². The summed E-state index contributed by atoms with van der Waals surface area (Å²) in [6.07, 6.45) is 2.18. The lowest BCUT2D eigenvalue weighted by Crippen LogP contribution is -2.19. The number of hydrogen-bond acceptors (Lipinski definition) is 2. The van der Waals surface area contributed by atoms with Gasteiger partial charge in [0.25, 0.3) is 0 Å². The van der Waals surface area contributed by atoms with Crippen LogP contribution in [0, 0.1) is 5.92 Å². The predicted octanol–water partition coefficient (Wildman–Crippen LogP) is 1.47. The fraction of sp³-hybridized carbons (Fsp3) is 1.00. The van der Waals surface area contributed by atoms with Gasteiger partial charge in [0.1, 0.15) is 0 Å². The van der Waals surface area contributed by atoms with E-state index in [0.29, 0.717) is 6.42 Å². The molecular weight excluding hydrogens is 155 g/mol. The Morgan fingerprint density at radius 1 is 1.40 bits per heavy atom.